The van der Waals surface area contributed by atoms with Crippen LogP contribution in [0.1, 0.15) is 29.0 Å². The molecule has 0 unspecified atom stereocenters. The van der Waals surface area contributed by atoms with Crippen molar-refractivity contribution in [3.8, 4) is 0 Å². The number of nitro groups is 1. The first-order valence-corrected chi connectivity index (χ1v) is 9.44. The minimum atomic E-state index is -0.454. The highest BCUT2D eigenvalue weighted by atomic mass is 16.6. The van der Waals surface area contributed by atoms with E-state index in [1.165, 1.54) is 29.3 Å². The lowest BCUT2D eigenvalue weighted by atomic mass is 9.88. The second kappa shape index (κ2) is 9.99. The minimum absolute atomic E-state index is 0.00104. The van der Waals surface area contributed by atoms with Crippen molar-refractivity contribution in [2.45, 2.75) is 12.3 Å². The average molecular weight is 386 g/mol. The summed E-state index contributed by atoms with van der Waals surface area (Å²) in [7, 11) is 0. The van der Waals surface area contributed by atoms with Crippen molar-refractivity contribution >= 4 is 17.7 Å². The number of nitrogens with one attached hydrogen (secondary N) is 1. The Hall–Kier alpha value is -3.73. The van der Waals surface area contributed by atoms with Gasteiger partial charge in [0.2, 0.25) is 5.91 Å². The molecule has 3 rings (SSSR count). The molecule has 0 aromatic heterocycles. The lowest BCUT2D eigenvalue weighted by molar-refractivity contribution is -0.384. The highest BCUT2D eigenvalue weighted by Crippen LogP contribution is 2.27. The van der Waals surface area contributed by atoms with Gasteiger partial charge in [0.1, 0.15) is 0 Å². The van der Waals surface area contributed by atoms with E-state index in [2.05, 4.69) is 29.6 Å². The van der Waals surface area contributed by atoms with Gasteiger partial charge < -0.3 is 5.32 Å². The largest absolute Gasteiger partial charge is 0.353 e. The Morgan fingerprint density at radius 2 is 1.55 bits per heavy atom. The SMILES string of the molecule is O=C(/C=C/c1cccc([N+](=O)[O-])c1)NCCC(c1ccccc1)c1ccccc1. The molecule has 0 saturated heterocycles. The van der Waals surface area contributed by atoms with Gasteiger partial charge in [0.25, 0.3) is 5.69 Å². The number of amides is 1. The van der Waals surface area contributed by atoms with Crippen molar-refractivity contribution in [1.29, 1.82) is 0 Å². The summed E-state index contributed by atoms with van der Waals surface area (Å²) in [5.41, 5.74) is 3.03. The predicted octanol–water partition coefficient (Wildman–Crippen LogP) is 4.95. The molecule has 0 saturated carbocycles. The molecule has 0 aliphatic carbocycles. The van der Waals surface area contributed by atoms with Gasteiger partial charge in [0, 0.05) is 30.7 Å². The Balaban J connectivity index is 1.60. The van der Waals surface area contributed by atoms with Crippen molar-refractivity contribution in [3.05, 3.63) is 118 Å². The Labute approximate surface area is 169 Å². The predicted molar refractivity (Wildman–Crippen MR) is 114 cm³/mol. The molecule has 29 heavy (non-hydrogen) atoms. The third-order valence-electron chi connectivity index (χ3n) is 4.64. The highest BCUT2D eigenvalue weighted by Gasteiger charge is 2.13. The van der Waals surface area contributed by atoms with Crippen LogP contribution in [0.15, 0.2) is 91.0 Å². The molecule has 0 aliphatic rings. The first kappa shape index (κ1) is 20.0. The maximum atomic E-state index is 12.2. The van der Waals surface area contributed by atoms with E-state index in [0.717, 1.165) is 6.42 Å². The molecule has 1 N–H and O–H groups in total. The number of carbonyl (C=O) groups is 1. The zero-order valence-corrected chi connectivity index (χ0v) is 15.9. The Bertz CT molecular complexity index is 946. The first-order chi connectivity index (χ1) is 14.1. The Morgan fingerprint density at radius 3 is 2.14 bits per heavy atom. The molecule has 0 radical (unpaired) electrons. The number of nitrogens with zero attached hydrogens (tertiary/aromatic N) is 1. The van der Waals surface area contributed by atoms with E-state index in [4.69, 9.17) is 0 Å². The molecule has 5 heteroatoms. The fourth-order valence-electron chi connectivity index (χ4n) is 3.21. The maximum absolute atomic E-state index is 12.2. The van der Waals surface area contributed by atoms with Gasteiger partial charge in [-0.3, -0.25) is 14.9 Å². The molecule has 0 fully saturated rings. The molecule has 1 amide bonds. The molecule has 0 spiro atoms. The average Bonchev–Trinajstić information content (AvgIpc) is 2.76. The molecule has 3 aromatic carbocycles. The van der Waals surface area contributed by atoms with Crippen LogP contribution in [0.3, 0.4) is 0 Å². The lowest BCUT2D eigenvalue weighted by Gasteiger charge is -2.18. The van der Waals surface area contributed by atoms with E-state index in [9.17, 15) is 14.9 Å². The van der Waals surface area contributed by atoms with Crippen molar-refractivity contribution < 1.29 is 9.72 Å². The first-order valence-electron chi connectivity index (χ1n) is 9.44. The zero-order valence-electron chi connectivity index (χ0n) is 15.9. The van der Waals surface area contributed by atoms with E-state index >= 15 is 0 Å². The summed E-state index contributed by atoms with van der Waals surface area (Å²) in [4.78, 5) is 22.5. The number of carbonyl (C=O) groups excluding carboxylic acids is 1. The Morgan fingerprint density at radius 1 is 0.931 bits per heavy atom. The standard InChI is InChI=1S/C24H22N2O3/c27-24(15-14-19-8-7-13-22(18-19)26(28)29)25-17-16-23(20-9-3-1-4-10-20)21-11-5-2-6-12-21/h1-15,18,23H,16-17H2,(H,25,27)/b15-14+. The molecular weight excluding hydrogens is 364 g/mol. The maximum Gasteiger partial charge on any atom is 0.270 e. The van der Waals surface area contributed by atoms with E-state index in [0.29, 0.717) is 12.1 Å². The van der Waals surface area contributed by atoms with Gasteiger partial charge in [0.15, 0.2) is 0 Å². The number of non-ortho nitro benzene ring substituents is 1. The van der Waals surface area contributed by atoms with Gasteiger partial charge >= 0.3 is 0 Å². The summed E-state index contributed by atoms with van der Waals surface area (Å²) in [6.07, 6.45) is 3.75. The van der Waals surface area contributed by atoms with Crippen LogP contribution in [0.2, 0.25) is 0 Å². The Kier molecular flexibility index (Phi) is 6.90. The van der Waals surface area contributed by atoms with Crippen LogP contribution < -0.4 is 5.32 Å². The van der Waals surface area contributed by atoms with E-state index in [-0.39, 0.29) is 17.5 Å². The van der Waals surface area contributed by atoms with Gasteiger partial charge in [-0.25, -0.2) is 0 Å². The fourth-order valence-corrected chi connectivity index (χ4v) is 3.21. The molecule has 0 aliphatic heterocycles. The van der Waals surface area contributed by atoms with Crippen LogP contribution in [-0.2, 0) is 4.79 Å². The van der Waals surface area contributed by atoms with E-state index < -0.39 is 4.92 Å². The second-order valence-electron chi connectivity index (χ2n) is 6.64. The van der Waals surface area contributed by atoms with Crippen molar-refractivity contribution in [2.24, 2.45) is 0 Å². The summed E-state index contributed by atoms with van der Waals surface area (Å²) in [5, 5.41) is 13.7. The molecule has 0 bridgehead atoms. The van der Waals surface area contributed by atoms with Gasteiger partial charge in [-0.2, -0.15) is 0 Å². The smallest absolute Gasteiger partial charge is 0.270 e. The van der Waals surface area contributed by atoms with Crippen LogP contribution in [0, 0.1) is 10.1 Å². The van der Waals surface area contributed by atoms with Gasteiger partial charge in [-0.1, -0.05) is 72.8 Å². The van der Waals surface area contributed by atoms with Crippen LogP contribution in [-0.4, -0.2) is 17.4 Å². The number of rotatable bonds is 8. The topological polar surface area (TPSA) is 72.2 Å². The number of nitro benzene ring substituents is 1. The molecule has 0 heterocycles. The molecular formula is C24H22N2O3. The third kappa shape index (κ3) is 5.87. The van der Waals surface area contributed by atoms with Crippen LogP contribution in [0.5, 0.6) is 0 Å². The van der Waals surface area contributed by atoms with Crippen LogP contribution in [0.25, 0.3) is 6.08 Å². The summed E-state index contributed by atoms with van der Waals surface area (Å²) in [5.74, 6) is -0.0326. The van der Waals surface area contributed by atoms with E-state index in [1.807, 2.05) is 36.4 Å². The van der Waals surface area contributed by atoms with Crippen LogP contribution in [0.4, 0.5) is 5.69 Å². The molecule has 3 aromatic rings. The normalized spacial score (nSPS) is 10.9. The van der Waals surface area contributed by atoms with Gasteiger partial charge in [-0.05, 0) is 29.2 Å². The van der Waals surface area contributed by atoms with E-state index in [1.54, 1.807) is 18.2 Å². The van der Waals surface area contributed by atoms with Crippen molar-refractivity contribution in [3.63, 3.8) is 0 Å². The third-order valence-corrected chi connectivity index (χ3v) is 4.64. The van der Waals surface area contributed by atoms with Gasteiger partial charge in [-0.15, -0.1) is 0 Å². The van der Waals surface area contributed by atoms with Crippen molar-refractivity contribution in [2.75, 3.05) is 6.54 Å². The molecule has 0 atom stereocenters. The number of hydrogen-bond acceptors (Lipinski definition) is 3. The minimum Gasteiger partial charge on any atom is -0.353 e. The number of benzene rings is 3. The van der Waals surface area contributed by atoms with Crippen molar-refractivity contribution in [1.82, 2.24) is 5.32 Å². The quantitative estimate of drug-likeness (QED) is 0.338. The van der Waals surface area contributed by atoms with Crippen LogP contribution >= 0.6 is 0 Å². The summed E-state index contributed by atoms with van der Waals surface area (Å²) in [6, 6.07) is 26.6. The molecule has 146 valence electrons. The summed E-state index contributed by atoms with van der Waals surface area (Å²) >= 11 is 0. The molecule has 5 nitrogen and oxygen atoms in total. The lowest BCUT2D eigenvalue weighted by Crippen LogP contribution is -2.23. The second-order valence-corrected chi connectivity index (χ2v) is 6.64. The number of hydrogen-bond donors (Lipinski definition) is 1. The van der Waals surface area contributed by atoms with Gasteiger partial charge in [0.05, 0.1) is 4.92 Å². The monoisotopic (exact) mass is 386 g/mol. The zero-order chi connectivity index (χ0) is 20.5. The summed E-state index contributed by atoms with van der Waals surface area (Å²) in [6.45, 7) is 0.520. The summed E-state index contributed by atoms with van der Waals surface area (Å²) < 4.78 is 0. The highest BCUT2D eigenvalue weighted by molar-refractivity contribution is 5.91. The fraction of sp³-hybridized carbons (Fsp3) is 0.125.